The Labute approximate surface area is 146 Å². The zero-order valence-electron chi connectivity index (χ0n) is 12.7. The average Bonchev–Trinajstić information content (AvgIpc) is 3.00. The molecule has 1 aliphatic rings. The molecule has 3 nitrogen and oxygen atoms in total. The number of fused-ring (bicyclic) bond motifs is 1. The molecular weight excluding hydrogens is 339 g/mol. The van der Waals surface area contributed by atoms with Gasteiger partial charge < -0.3 is 4.74 Å². The van der Waals surface area contributed by atoms with E-state index in [-0.39, 0.29) is 18.6 Å². The Morgan fingerprint density at radius 3 is 2.95 bits per heavy atom. The number of pyridine rings is 1. The third kappa shape index (κ3) is 3.62. The van der Waals surface area contributed by atoms with Gasteiger partial charge in [0.15, 0.2) is 6.23 Å². The highest BCUT2D eigenvalue weighted by atomic mass is 35.5. The highest BCUT2D eigenvalue weighted by Gasteiger charge is 2.23. The number of halogens is 2. The first kappa shape index (κ1) is 17.7. The minimum Gasteiger partial charge on any atom is -0.458 e. The Morgan fingerprint density at radius 2 is 2.27 bits per heavy atom. The zero-order chi connectivity index (χ0) is 14.8. The molecule has 0 N–H and O–H groups in total. The van der Waals surface area contributed by atoms with Crippen LogP contribution in [0.3, 0.4) is 0 Å². The van der Waals surface area contributed by atoms with Crippen LogP contribution in [0, 0.1) is 6.92 Å². The second kappa shape index (κ2) is 7.73. The third-order valence-electron chi connectivity index (χ3n) is 3.77. The van der Waals surface area contributed by atoms with E-state index in [4.69, 9.17) is 16.3 Å². The van der Waals surface area contributed by atoms with Crippen LogP contribution in [0.2, 0.25) is 5.02 Å². The molecule has 1 aromatic heterocycles. The van der Waals surface area contributed by atoms with E-state index >= 15 is 0 Å². The van der Waals surface area contributed by atoms with Crippen LogP contribution in [0.25, 0.3) is 10.9 Å². The molecule has 1 fully saturated rings. The molecule has 0 bridgehead atoms. The molecule has 1 saturated heterocycles. The van der Waals surface area contributed by atoms with E-state index in [1.165, 1.54) is 5.75 Å². The van der Waals surface area contributed by atoms with Crippen LogP contribution >= 0.6 is 35.8 Å². The van der Waals surface area contributed by atoms with Crippen molar-refractivity contribution in [1.29, 1.82) is 0 Å². The van der Waals surface area contributed by atoms with Crippen LogP contribution in [0.5, 0.6) is 5.88 Å². The first-order chi connectivity index (χ1) is 10.2. The maximum Gasteiger partial charge on any atom is 0.215 e. The van der Waals surface area contributed by atoms with E-state index in [1.807, 2.05) is 36.0 Å². The molecule has 22 heavy (non-hydrogen) atoms. The minimum atomic E-state index is 0. The van der Waals surface area contributed by atoms with Gasteiger partial charge in [0.05, 0.1) is 10.5 Å². The maximum absolute atomic E-state index is 6.27. The van der Waals surface area contributed by atoms with Gasteiger partial charge in [0.25, 0.3) is 0 Å². The molecular formula is C16H20Cl2N2OS. The Hall–Kier alpha value is -0.680. The lowest BCUT2D eigenvalue weighted by Crippen LogP contribution is -2.37. The van der Waals surface area contributed by atoms with Gasteiger partial charge in [-0.05, 0) is 25.0 Å². The average molecular weight is 359 g/mol. The second-order valence-corrected chi connectivity index (χ2v) is 6.73. The summed E-state index contributed by atoms with van der Waals surface area (Å²) < 4.78 is 6.13. The molecule has 120 valence electrons. The molecule has 2 heterocycles. The van der Waals surface area contributed by atoms with Crippen LogP contribution in [0.4, 0.5) is 0 Å². The van der Waals surface area contributed by atoms with Gasteiger partial charge in [-0.1, -0.05) is 30.7 Å². The highest BCUT2D eigenvalue weighted by Crippen LogP contribution is 2.28. The van der Waals surface area contributed by atoms with Crippen LogP contribution < -0.4 is 4.74 Å². The number of aryl methyl sites for hydroxylation is 1. The number of hydrogen-bond acceptors (Lipinski definition) is 4. The van der Waals surface area contributed by atoms with Gasteiger partial charge in [-0.3, -0.25) is 4.90 Å². The lowest BCUT2D eigenvalue weighted by Gasteiger charge is -2.26. The summed E-state index contributed by atoms with van der Waals surface area (Å²) >= 11 is 8.22. The summed E-state index contributed by atoms with van der Waals surface area (Å²) in [6, 6.07) is 7.87. The van der Waals surface area contributed by atoms with Gasteiger partial charge in [0.2, 0.25) is 5.88 Å². The van der Waals surface area contributed by atoms with Gasteiger partial charge in [0.1, 0.15) is 0 Å². The van der Waals surface area contributed by atoms with Crippen molar-refractivity contribution in [2.45, 2.75) is 26.5 Å². The topological polar surface area (TPSA) is 25.4 Å². The maximum atomic E-state index is 6.27. The molecule has 2 aromatic rings. The monoisotopic (exact) mass is 358 g/mol. The summed E-state index contributed by atoms with van der Waals surface area (Å²) in [6.45, 7) is 5.30. The Morgan fingerprint density at radius 1 is 1.45 bits per heavy atom. The van der Waals surface area contributed by atoms with Gasteiger partial charge in [-0.25, -0.2) is 4.98 Å². The molecule has 1 aromatic carbocycles. The van der Waals surface area contributed by atoms with Crippen molar-refractivity contribution in [1.82, 2.24) is 9.88 Å². The first-order valence-electron chi connectivity index (χ1n) is 7.23. The van der Waals surface area contributed by atoms with Crippen LogP contribution in [0.15, 0.2) is 24.3 Å². The fourth-order valence-corrected chi connectivity index (χ4v) is 3.86. The zero-order valence-corrected chi connectivity index (χ0v) is 15.1. The lowest BCUT2D eigenvalue weighted by molar-refractivity contribution is 0.0422. The van der Waals surface area contributed by atoms with Crippen molar-refractivity contribution in [2.75, 3.05) is 18.2 Å². The SMILES string of the molecule is CCC(Oc1cc(C)c2cccc(Cl)c2n1)N1CCSC1.Cl. The summed E-state index contributed by atoms with van der Waals surface area (Å²) in [5, 5.41) is 1.76. The van der Waals surface area contributed by atoms with Crippen molar-refractivity contribution in [3.63, 3.8) is 0 Å². The van der Waals surface area contributed by atoms with Crippen molar-refractivity contribution < 1.29 is 4.74 Å². The van der Waals surface area contributed by atoms with Crippen LogP contribution in [-0.4, -0.2) is 34.3 Å². The predicted octanol–water partition coefficient (Wildman–Crippen LogP) is 4.74. The number of benzene rings is 1. The first-order valence-corrected chi connectivity index (χ1v) is 8.76. The number of thioether (sulfide) groups is 1. The van der Waals surface area contributed by atoms with E-state index in [2.05, 4.69) is 23.7 Å². The van der Waals surface area contributed by atoms with Gasteiger partial charge in [0, 0.05) is 29.6 Å². The molecule has 1 aliphatic heterocycles. The summed E-state index contributed by atoms with van der Waals surface area (Å²) in [4.78, 5) is 6.97. The fraction of sp³-hybridized carbons (Fsp3) is 0.438. The van der Waals surface area contributed by atoms with Gasteiger partial charge >= 0.3 is 0 Å². The number of nitrogens with zero attached hydrogens (tertiary/aromatic N) is 2. The Kier molecular flexibility index (Phi) is 6.21. The highest BCUT2D eigenvalue weighted by molar-refractivity contribution is 7.99. The summed E-state index contributed by atoms with van der Waals surface area (Å²) in [7, 11) is 0. The van der Waals surface area contributed by atoms with Crippen molar-refractivity contribution >= 4 is 46.7 Å². The van der Waals surface area contributed by atoms with E-state index in [0.717, 1.165) is 35.3 Å². The van der Waals surface area contributed by atoms with E-state index < -0.39 is 0 Å². The number of ether oxygens (including phenoxy) is 1. The Bertz CT molecular complexity index is 647. The number of para-hydroxylation sites is 1. The number of rotatable bonds is 4. The smallest absolute Gasteiger partial charge is 0.215 e. The minimum absolute atomic E-state index is 0. The van der Waals surface area contributed by atoms with E-state index in [0.29, 0.717) is 10.9 Å². The van der Waals surface area contributed by atoms with Crippen LogP contribution in [0.1, 0.15) is 18.9 Å². The molecule has 0 aliphatic carbocycles. The predicted molar refractivity (Wildman–Crippen MR) is 97.5 cm³/mol. The summed E-state index contributed by atoms with van der Waals surface area (Å²) in [6.07, 6.45) is 1.04. The summed E-state index contributed by atoms with van der Waals surface area (Å²) in [5.74, 6) is 2.87. The molecule has 0 saturated carbocycles. The fourth-order valence-electron chi connectivity index (χ4n) is 2.62. The number of hydrogen-bond donors (Lipinski definition) is 0. The standard InChI is InChI=1S/C16H19ClN2OS.ClH/c1-3-15(19-7-8-21-10-19)20-14-9-11(2)12-5-4-6-13(17)16(12)18-14;/h4-6,9,15H,3,7-8,10H2,1-2H3;1H. The Balaban J connectivity index is 0.00000176. The normalized spacial score (nSPS) is 16.5. The molecule has 3 rings (SSSR count). The van der Waals surface area contributed by atoms with Gasteiger partial charge in [-0.2, -0.15) is 0 Å². The second-order valence-electron chi connectivity index (χ2n) is 5.24. The number of aromatic nitrogens is 1. The largest absolute Gasteiger partial charge is 0.458 e. The molecule has 1 unspecified atom stereocenters. The van der Waals surface area contributed by atoms with E-state index in [9.17, 15) is 0 Å². The third-order valence-corrected chi connectivity index (χ3v) is 5.06. The van der Waals surface area contributed by atoms with Crippen molar-refractivity contribution in [3.05, 3.63) is 34.9 Å². The quantitative estimate of drug-likeness (QED) is 0.787. The summed E-state index contributed by atoms with van der Waals surface area (Å²) in [5.41, 5.74) is 1.96. The molecule has 0 spiro atoms. The molecule has 0 amide bonds. The van der Waals surface area contributed by atoms with Gasteiger partial charge in [-0.15, -0.1) is 24.2 Å². The molecule has 6 heteroatoms. The van der Waals surface area contributed by atoms with Crippen LogP contribution in [-0.2, 0) is 0 Å². The molecule has 0 radical (unpaired) electrons. The van der Waals surface area contributed by atoms with E-state index in [1.54, 1.807) is 0 Å². The van der Waals surface area contributed by atoms with Crippen molar-refractivity contribution in [3.8, 4) is 5.88 Å². The van der Waals surface area contributed by atoms with Crippen molar-refractivity contribution in [2.24, 2.45) is 0 Å². The lowest BCUT2D eigenvalue weighted by atomic mass is 10.1. The molecule has 1 atom stereocenters.